The molecule has 2 rings (SSSR count). The maximum absolute atomic E-state index is 12.1. The van der Waals surface area contributed by atoms with E-state index in [4.69, 9.17) is 9.84 Å². The van der Waals surface area contributed by atoms with Crippen molar-refractivity contribution in [3.8, 4) is 5.75 Å². The maximum Gasteiger partial charge on any atom is 0.317 e. The number of likely N-dealkylation sites (tertiary alicyclic amines) is 1. The Kier molecular flexibility index (Phi) is 7.87. The molecule has 1 unspecified atom stereocenters. The third-order valence-electron chi connectivity index (χ3n) is 4.83. The number of hydrogen-bond acceptors (Lipinski definition) is 5. The molecule has 0 radical (unpaired) electrons. The van der Waals surface area contributed by atoms with Gasteiger partial charge in [0.25, 0.3) is 0 Å². The van der Waals surface area contributed by atoms with Crippen LogP contribution in [0.3, 0.4) is 0 Å². The average Bonchev–Trinajstić information content (AvgIpc) is 2.86. The zero-order chi connectivity index (χ0) is 18.9. The largest absolute Gasteiger partial charge is 0.497 e. The Hall–Kier alpha value is -2.12. The number of rotatable bonds is 8. The van der Waals surface area contributed by atoms with Gasteiger partial charge in [-0.15, -0.1) is 0 Å². The van der Waals surface area contributed by atoms with Gasteiger partial charge in [0.2, 0.25) is 5.91 Å². The highest BCUT2D eigenvalue weighted by atomic mass is 16.5. The molecule has 1 aliphatic heterocycles. The molecule has 1 amide bonds. The third kappa shape index (κ3) is 6.65. The molecule has 1 heterocycles. The van der Waals surface area contributed by atoms with E-state index in [2.05, 4.69) is 10.2 Å². The fourth-order valence-corrected chi connectivity index (χ4v) is 3.30. The molecule has 0 saturated carbocycles. The zero-order valence-electron chi connectivity index (χ0n) is 15.6. The summed E-state index contributed by atoms with van der Waals surface area (Å²) in [5.41, 5.74) is 0.766. The summed E-state index contributed by atoms with van der Waals surface area (Å²) < 4.78 is 5.10. The van der Waals surface area contributed by atoms with Gasteiger partial charge in [0, 0.05) is 24.7 Å². The molecule has 1 fully saturated rings. The van der Waals surface area contributed by atoms with E-state index in [-0.39, 0.29) is 12.5 Å². The predicted octanol–water partition coefficient (Wildman–Crippen LogP) is 1.89. The number of hydrogen-bond donors (Lipinski definition) is 2. The van der Waals surface area contributed by atoms with Crippen molar-refractivity contribution in [2.75, 3.05) is 45.7 Å². The number of ether oxygens (including phenoxy) is 1. The highest BCUT2D eigenvalue weighted by Gasteiger charge is 2.21. The van der Waals surface area contributed by atoms with E-state index in [1.54, 1.807) is 7.11 Å². The molecular weight excluding hydrogens is 334 g/mol. The van der Waals surface area contributed by atoms with Gasteiger partial charge in [-0.1, -0.05) is 0 Å². The first kappa shape index (κ1) is 20.2. The van der Waals surface area contributed by atoms with Crippen LogP contribution in [0, 0.1) is 0 Å². The van der Waals surface area contributed by atoms with Crippen molar-refractivity contribution >= 4 is 17.6 Å². The lowest BCUT2D eigenvalue weighted by Gasteiger charge is -2.25. The first-order valence-corrected chi connectivity index (χ1v) is 9.06. The smallest absolute Gasteiger partial charge is 0.317 e. The normalized spacial score (nSPS) is 18.3. The molecule has 1 saturated heterocycles. The summed E-state index contributed by atoms with van der Waals surface area (Å²) in [5, 5.41) is 11.8. The Morgan fingerprint density at radius 1 is 1.27 bits per heavy atom. The Bertz CT molecular complexity index is 591. The number of carbonyl (C=O) groups excluding carboxylic acids is 1. The Labute approximate surface area is 154 Å². The van der Waals surface area contributed by atoms with Crippen LogP contribution in [0.15, 0.2) is 24.3 Å². The summed E-state index contributed by atoms with van der Waals surface area (Å²) in [7, 11) is 3.48. The van der Waals surface area contributed by atoms with E-state index in [1.807, 2.05) is 36.2 Å². The van der Waals surface area contributed by atoms with Crippen molar-refractivity contribution in [3.05, 3.63) is 24.3 Å². The van der Waals surface area contributed by atoms with Crippen molar-refractivity contribution in [1.82, 2.24) is 9.80 Å². The molecule has 7 nitrogen and oxygen atoms in total. The standard InChI is InChI=1S/C19H29N3O4/c1-21(14-19(24)25)16-4-3-11-22(12-9-16)13-10-18(23)20-15-5-7-17(26-2)8-6-15/h5-8,16H,3-4,9-14H2,1-2H3,(H,20,23)(H,24,25). The summed E-state index contributed by atoms with van der Waals surface area (Å²) >= 11 is 0. The second-order valence-electron chi connectivity index (χ2n) is 6.76. The van der Waals surface area contributed by atoms with Gasteiger partial charge in [-0.05, 0) is 63.7 Å². The number of carbonyl (C=O) groups is 2. The molecular formula is C19H29N3O4. The van der Waals surface area contributed by atoms with E-state index in [9.17, 15) is 9.59 Å². The van der Waals surface area contributed by atoms with E-state index in [0.717, 1.165) is 50.3 Å². The van der Waals surface area contributed by atoms with Crippen LogP contribution in [0.5, 0.6) is 5.75 Å². The minimum atomic E-state index is -0.788. The summed E-state index contributed by atoms with van der Waals surface area (Å²) in [4.78, 5) is 27.2. The second-order valence-corrected chi connectivity index (χ2v) is 6.76. The number of benzene rings is 1. The van der Waals surface area contributed by atoms with Crippen LogP contribution < -0.4 is 10.1 Å². The highest BCUT2D eigenvalue weighted by molar-refractivity contribution is 5.90. The predicted molar refractivity (Wildman–Crippen MR) is 101 cm³/mol. The van der Waals surface area contributed by atoms with Crippen molar-refractivity contribution in [3.63, 3.8) is 0 Å². The molecule has 1 aliphatic rings. The Morgan fingerprint density at radius 3 is 2.65 bits per heavy atom. The van der Waals surface area contributed by atoms with Crippen molar-refractivity contribution in [2.24, 2.45) is 0 Å². The quantitative estimate of drug-likeness (QED) is 0.734. The van der Waals surface area contributed by atoms with Gasteiger partial charge < -0.3 is 20.1 Å². The van der Waals surface area contributed by atoms with E-state index < -0.39 is 5.97 Å². The summed E-state index contributed by atoms with van der Waals surface area (Å²) in [6, 6.07) is 7.58. The van der Waals surface area contributed by atoms with Crippen LogP contribution >= 0.6 is 0 Å². The first-order chi connectivity index (χ1) is 12.5. The SMILES string of the molecule is COc1ccc(NC(=O)CCN2CCCC(N(C)CC(=O)O)CC2)cc1. The van der Waals surface area contributed by atoms with Crippen molar-refractivity contribution in [1.29, 1.82) is 0 Å². The van der Waals surface area contributed by atoms with Gasteiger partial charge in [-0.25, -0.2) is 0 Å². The van der Waals surface area contributed by atoms with Crippen LogP contribution in [-0.2, 0) is 9.59 Å². The number of nitrogens with zero attached hydrogens (tertiary/aromatic N) is 2. The van der Waals surface area contributed by atoms with E-state index >= 15 is 0 Å². The van der Waals surface area contributed by atoms with Crippen LogP contribution in [0.25, 0.3) is 0 Å². The third-order valence-corrected chi connectivity index (χ3v) is 4.83. The van der Waals surface area contributed by atoms with Gasteiger partial charge in [0.15, 0.2) is 0 Å². The molecule has 0 spiro atoms. The number of nitrogens with one attached hydrogen (secondary N) is 1. The minimum absolute atomic E-state index is 0.000964. The molecule has 0 aliphatic carbocycles. The minimum Gasteiger partial charge on any atom is -0.497 e. The van der Waals surface area contributed by atoms with Gasteiger partial charge >= 0.3 is 5.97 Å². The average molecular weight is 363 g/mol. The van der Waals surface area contributed by atoms with Crippen molar-refractivity contribution < 1.29 is 19.4 Å². The van der Waals surface area contributed by atoms with Gasteiger partial charge in [0.05, 0.1) is 13.7 Å². The maximum atomic E-state index is 12.1. The second kappa shape index (κ2) is 10.1. The fraction of sp³-hybridized carbons (Fsp3) is 0.579. The summed E-state index contributed by atoms with van der Waals surface area (Å²) in [6.45, 7) is 2.64. The van der Waals surface area contributed by atoms with Gasteiger partial charge in [-0.2, -0.15) is 0 Å². The summed E-state index contributed by atoms with van der Waals surface area (Å²) in [6.07, 6.45) is 3.40. The van der Waals surface area contributed by atoms with E-state index in [1.165, 1.54) is 0 Å². The number of likely N-dealkylation sites (N-methyl/N-ethyl adjacent to an activating group) is 1. The molecule has 0 bridgehead atoms. The van der Waals surface area contributed by atoms with Crippen molar-refractivity contribution in [2.45, 2.75) is 31.7 Å². The lowest BCUT2D eigenvalue weighted by Crippen LogP contribution is -2.36. The Morgan fingerprint density at radius 2 is 2.00 bits per heavy atom. The fourth-order valence-electron chi connectivity index (χ4n) is 3.30. The van der Waals surface area contributed by atoms with Crippen LogP contribution in [0.1, 0.15) is 25.7 Å². The summed E-state index contributed by atoms with van der Waals surface area (Å²) in [5.74, 6) is -0.0299. The molecule has 0 aromatic heterocycles. The van der Waals surface area contributed by atoms with E-state index in [0.29, 0.717) is 12.5 Å². The molecule has 1 atom stereocenters. The number of carboxylic acids is 1. The Balaban J connectivity index is 1.73. The monoisotopic (exact) mass is 363 g/mol. The van der Waals surface area contributed by atoms with Gasteiger partial charge in [0.1, 0.15) is 5.75 Å². The molecule has 26 heavy (non-hydrogen) atoms. The topological polar surface area (TPSA) is 82.1 Å². The molecule has 2 N–H and O–H groups in total. The first-order valence-electron chi connectivity index (χ1n) is 9.06. The number of methoxy groups -OCH3 is 1. The number of amides is 1. The lowest BCUT2D eigenvalue weighted by atomic mass is 10.1. The number of aliphatic carboxylic acids is 1. The molecule has 1 aromatic rings. The molecule has 1 aromatic carbocycles. The lowest BCUT2D eigenvalue weighted by molar-refractivity contribution is -0.138. The van der Waals surface area contributed by atoms with Gasteiger partial charge in [-0.3, -0.25) is 14.5 Å². The van der Waals surface area contributed by atoms with Crippen LogP contribution in [-0.4, -0.2) is 73.2 Å². The zero-order valence-corrected chi connectivity index (χ0v) is 15.6. The van der Waals surface area contributed by atoms with Crippen LogP contribution in [0.2, 0.25) is 0 Å². The number of carboxylic acid groups (broad SMARTS) is 1. The van der Waals surface area contributed by atoms with Crippen LogP contribution in [0.4, 0.5) is 5.69 Å². The highest BCUT2D eigenvalue weighted by Crippen LogP contribution is 2.17. The molecule has 144 valence electrons. The molecule has 7 heteroatoms. The number of anilines is 1.